The zero-order valence-corrected chi connectivity index (χ0v) is 18.9. The van der Waals surface area contributed by atoms with Gasteiger partial charge in [-0.2, -0.15) is 5.10 Å². The van der Waals surface area contributed by atoms with E-state index in [-0.39, 0.29) is 22.0 Å². The summed E-state index contributed by atoms with van der Waals surface area (Å²) < 4.78 is 16.0. The van der Waals surface area contributed by atoms with Crippen molar-refractivity contribution in [3.8, 4) is 22.4 Å². The van der Waals surface area contributed by atoms with Crippen LogP contribution in [0, 0.1) is 5.82 Å². The molecule has 1 aromatic heterocycles. The van der Waals surface area contributed by atoms with E-state index in [0.29, 0.717) is 11.1 Å². The Morgan fingerprint density at radius 3 is 2.23 bits per heavy atom. The molecule has 0 bridgehead atoms. The lowest BCUT2D eigenvalue weighted by Gasteiger charge is -2.24. The van der Waals surface area contributed by atoms with E-state index >= 15 is 0 Å². The molecule has 0 saturated heterocycles. The van der Waals surface area contributed by atoms with Crippen LogP contribution in [-0.4, -0.2) is 21.2 Å². The van der Waals surface area contributed by atoms with E-state index in [1.807, 2.05) is 43.7 Å². The SMILES string of the molecule is CC(C)(C)NC(=O)c1cc(-c2ccc(Cl)c(F)c2)cc(-c2ccnn2C(C)(C)C)c1. The number of carbonyl (C=O) groups is 1. The molecule has 0 fully saturated rings. The highest BCUT2D eigenvalue weighted by atomic mass is 35.5. The average Bonchev–Trinajstić information content (AvgIpc) is 3.12. The van der Waals surface area contributed by atoms with Gasteiger partial charge in [-0.1, -0.05) is 17.7 Å². The molecular weight excluding hydrogens is 401 g/mol. The molecule has 1 amide bonds. The number of carbonyl (C=O) groups excluding carboxylic acids is 1. The molecule has 3 rings (SSSR count). The van der Waals surface area contributed by atoms with Crippen molar-refractivity contribution in [2.24, 2.45) is 0 Å². The van der Waals surface area contributed by atoms with Crippen LogP contribution in [-0.2, 0) is 5.54 Å². The third kappa shape index (κ3) is 4.90. The molecule has 6 heteroatoms. The summed E-state index contributed by atoms with van der Waals surface area (Å²) in [6.07, 6.45) is 1.74. The first kappa shape index (κ1) is 22.0. The van der Waals surface area contributed by atoms with Crippen LogP contribution in [0.2, 0.25) is 5.02 Å². The molecule has 0 spiro atoms. The molecule has 0 aliphatic carbocycles. The normalized spacial score (nSPS) is 12.1. The standard InChI is InChI=1S/C24H27ClFN3O/c1-23(2,3)28-22(30)18-12-16(15-7-8-19(25)20(26)14-15)11-17(13-18)21-9-10-27-29(21)24(4,5)6/h7-14H,1-6H3,(H,28,30). The second kappa shape index (κ2) is 7.88. The van der Waals surface area contributed by atoms with E-state index in [1.165, 1.54) is 12.1 Å². The number of benzene rings is 2. The summed E-state index contributed by atoms with van der Waals surface area (Å²) in [4.78, 5) is 12.9. The number of amides is 1. The van der Waals surface area contributed by atoms with Crippen LogP contribution in [0.25, 0.3) is 22.4 Å². The van der Waals surface area contributed by atoms with Gasteiger partial charge >= 0.3 is 0 Å². The van der Waals surface area contributed by atoms with Gasteiger partial charge in [-0.05, 0) is 89.1 Å². The molecule has 2 aromatic carbocycles. The Bertz CT molecular complexity index is 1090. The third-order valence-corrected chi connectivity index (χ3v) is 4.82. The van der Waals surface area contributed by atoms with Crippen molar-refractivity contribution in [2.75, 3.05) is 0 Å². The Morgan fingerprint density at radius 2 is 1.63 bits per heavy atom. The van der Waals surface area contributed by atoms with E-state index < -0.39 is 5.82 Å². The van der Waals surface area contributed by atoms with Gasteiger partial charge in [0.25, 0.3) is 5.91 Å². The summed E-state index contributed by atoms with van der Waals surface area (Å²) in [6, 6.07) is 12.1. The van der Waals surface area contributed by atoms with Crippen molar-refractivity contribution >= 4 is 17.5 Å². The lowest BCUT2D eigenvalue weighted by Crippen LogP contribution is -2.40. The van der Waals surface area contributed by atoms with Gasteiger partial charge in [0, 0.05) is 22.9 Å². The van der Waals surface area contributed by atoms with Gasteiger partial charge in [-0.3, -0.25) is 9.48 Å². The molecule has 0 aliphatic rings. The van der Waals surface area contributed by atoms with Gasteiger partial charge in [0.05, 0.1) is 16.3 Å². The second-order valence-electron chi connectivity index (χ2n) is 9.43. The molecular formula is C24H27ClFN3O. The minimum absolute atomic E-state index is 0.0615. The number of rotatable bonds is 3. The zero-order valence-electron chi connectivity index (χ0n) is 18.2. The van der Waals surface area contributed by atoms with Gasteiger partial charge in [0.15, 0.2) is 0 Å². The van der Waals surface area contributed by atoms with Crippen LogP contribution in [0.4, 0.5) is 4.39 Å². The van der Waals surface area contributed by atoms with E-state index in [9.17, 15) is 9.18 Å². The van der Waals surface area contributed by atoms with Gasteiger partial charge < -0.3 is 5.32 Å². The Morgan fingerprint density at radius 1 is 0.967 bits per heavy atom. The Labute approximate surface area is 182 Å². The highest BCUT2D eigenvalue weighted by Gasteiger charge is 2.21. The van der Waals surface area contributed by atoms with Crippen molar-refractivity contribution in [3.05, 3.63) is 65.1 Å². The molecule has 0 radical (unpaired) electrons. The van der Waals surface area contributed by atoms with E-state index in [1.54, 1.807) is 18.3 Å². The summed E-state index contributed by atoms with van der Waals surface area (Å²) in [5.74, 6) is -0.693. The first-order valence-electron chi connectivity index (χ1n) is 9.83. The smallest absolute Gasteiger partial charge is 0.251 e. The minimum atomic E-state index is -0.500. The van der Waals surface area contributed by atoms with Crippen LogP contribution in [0.5, 0.6) is 0 Å². The molecule has 0 atom stereocenters. The fourth-order valence-corrected chi connectivity index (χ4v) is 3.34. The monoisotopic (exact) mass is 427 g/mol. The largest absolute Gasteiger partial charge is 0.347 e. The fraction of sp³-hybridized carbons (Fsp3) is 0.333. The summed E-state index contributed by atoms with van der Waals surface area (Å²) >= 11 is 5.86. The molecule has 3 aromatic rings. The molecule has 30 heavy (non-hydrogen) atoms. The van der Waals surface area contributed by atoms with Crippen LogP contribution >= 0.6 is 11.6 Å². The Hall–Kier alpha value is -2.66. The van der Waals surface area contributed by atoms with Crippen LogP contribution in [0.1, 0.15) is 51.9 Å². The highest BCUT2D eigenvalue weighted by molar-refractivity contribution is 6.30. The first-order valence-corrected chi connectivity index (χ1v) is 10.2. The summed E-state index contributed by atoms with van der Waals surface area (Å²) in [7, 11) is 0. The van der Waals surface area contributed by atoms with E-state index in [4.69, 9.17) is 11.6 Å². The molecule has 158 valence electrons. The second-order valence-corrected chi connectivity index (χ2v) is 9.84. The number of halogens is 2. The summed E-state index contributed by atoms with van der Waals surface area (Å²) in [5, 5.41) is 7.52. The van der Waals surface area contributed by atoms with Gasteiger partial charge in [-0.15, -0.1) is 0 Å². The maximum absolute atomic E-state index is 14.1. The third-order valence-electron chi connectivity index (χ3n) is 4.51. The molecule has 1 heterocycles. The predicted molar refractivity (Wildman–Crippen MR) is 120 cm³/mol. The fourth-order valence-electron chi connectivity index (χ4n) is 3.22. The van der Waals surface area contributed by atoms with Crippen LogP contribution < -0.4 is 5.32 Å². The quantitative estimate of drug-likeness (QED) is 0.533. The molecule has 1 N–H and O–H groups in total. The van der Waals surface area contributed by atoms with Gasteiger partial charge in [0.1, 0.15) is 5.82 Å². The Kier molecular flexibility index (Phi) is 5.79. The summed E-state index contributed by atoms with van der Waals surface area (Å²) in [6.45, 7) is 12.0. The minimum Gasteiger partial charge on any atom is -0.347 e. The predicted octanol–water partition coefficient (Wildman–Crippen LogP) is 6.29. The van der Waals surface area contributed by atoms with Gasteiger partial charge in [0.2, 0.25) is 0 Å². The number of nitrogens with zero attached hydrogens (tertiary/aromatic N) is 2. The van der Waals surface area contributed by atoms with Crippen molar-refractivity contribution in [3.63, 3.8) is 0 Å². The van der Waals surface area contributed by atoms with Crippen molar-refractivity contribution in [1.29, 1.82) is 0 Å². The average molecular weight is 428 g/mol. The number of hydrogen-bond donors (Lipinski definition) is 1. The zero-order chi connectivity index (χ0) is 22.3. The molecule has 0 aliphatic heterocycles. The maximum atomic E-state index is 14.1. The number of hydrogen-bond acceptors (Lipinski definition) is 2. The maximum Gasteiger partial charge on any atom is 0.251 e. The molecule has 0 unspecified atom stereocenters. The number of aromatic nitrogens is 2. The number of nitrogens with one attached hydrogen (secondary N) is 1. The first-order chi connectivity index (χ1) is 13.8. The van der Waals surface area contributed by atoms with Crippen LogP contribution in [0.15, 0.2) is 48.7 Å². The lowest BCUT2D eigenvalue weighted by atomic mass is 9.96. The summed E-state index contributed by atoms with van der Waals surface area (Å²) in [5.41, 5.74) is 2.95. The topological polar surface area (TPSA) is 46.9 Å². The lowest BCUT2D eigenvalue weighted by molar-refractivity contribution is 0.0919. The van der Waals surface area contributed by atoms with Crippen molar-refractivity contribution in [2.45, 2.75) is 52.6 Å². The van der Waals surface area contributed by atoms with Crippen molar-refractivity contribution in [1.82, 2.24) is 15.1 Å². The highest BCUT2D eigenvalue weighted by Crippen LogP contribution is 2.32. The Balaban J connectivity index is 2.20. The molecule has 0 saturated carbocycles. The van der Waals surface area contributed by atoms with Crippen LogP contribution in [0.3, 0.4) is 0 Å². The van der Waals surface area contributed by atoms with Crippen molar-refractivity contribution < 1.29 is 9.18 Å². The van der Waals surface area contributed by atoms with E-state index in [2.05, 4.69) is 31.2 Å². The van der Waals surface area contributed by atoms with E-state index in [0.717, 1.165) is 16.8 Å². The van der Waals surface area contributed by atoms with Gasteiger partial charge in [-0.25, -0.2) is 4.39 Å². The molecule has 4 nitrogen and oxygen atoms in total.